The molecule has 8 heteroatoms. The quantitative estimate of drug-likeness (QED) is 0.658. The third-order valence-electron chi connectivity index (χ3n) is 5.97. The zero-order chi connectivity index (χ0) is 21.6. The second-order valence-corrected chi connectivity index (χ2v) is 8.86. The molecule has 7 nitrogen and oxygen atoms in total. The first-order chi connectivity index (χ1) is 15.1. The summed E-state index contributed by atoms with van der Waals surface area (Å²) >= 11 is 5.48. The third-order valence-corrected chi connectivity index (χ3v) is 6.21. The molecule has 166 valence electrons. The van der Waals surface area contributed by atoms with Crippen molar-refractivity contribution in [2.24, 2.45) is 5.92 Å². The van der Waals surface area contributed by atoms with Gasteiger partial charge in [-0.25, -0.2) is 0 Å². The summed E-state index contributed by atoms with van der Waals surface area (Å²) in [5.41, 5.74) is 2.48. The van der Waals surface area contributed by atoms with E-state index in [1.165, 1.54) is 36.9 Å². The Morgan fingerprint density at radius 3 is 2.55 bits per heavy atom. The molecule has 0 aliphatic carbocycles. The largest absolute Gasteiger partial charge is 0.481 e. The topological polar surface area (TPSA) is 65.6 Å². The molecular weight excluding hydrogens is 408 g/mol. The fourth-order valence-electron chi connectivity index (χ4n) is 4.26. The highest BCUT2D eigenvalue weighted by Gasteiger charge is 2.19. The smallest absolute Gasteiger partial charge is 0.234 e. The minimum absolute atomic E-state index is 0.453. The van der Waals surface area contributed by atoms with Crippen LogP contribution < -0.4 is 25.2 Å². The predicted molar refractivity (Wildman–Crippen MR) is 130 cm³/mol. The Labute approximate surface area is 190 Å². The van der Waals surface area contributed by atoms with Crippen molar-refractivity contribution in [2.75, 3.05) is 48.4 Å². The number of ether oxygens (including phenoxy) is 1. The van der Waals surface area contributed by atoms with Gasteiger partial charge in [0.25, 0.3) is 0 Å². The van der Waals surface area contributed by atoms with E-state index in [0.29, 0.717) is 29.4 Å². The first-order valence-corrected chi connectivity index (χ1v) is 11.6. The van der Waals surface area contributed by atoms with E-state index < -0.39 is 0 Å². The number of hydrogen-bond acceptors (Lipinski definition) is 6. The molecular formula is C23H32N6OS. The second kappa shape index (κ2) is 10.1. The van der Waals surface area contributed by atoms with Crippen LogP contribution in [0.3, 0.4) is 0 Å². The second-order valence-electron chi connectivity index (χ2n) is 8.45. The number of thiocarbonyl (C=S) groups is 1. The zero-order valence-corrected chi connectivity index (χ0v) is 19.2. The molecule has 1 atom stereocenters. The van der Waals surface area contributed by atoms with Gasteiger partial charge in [0.1, 0.15) is 5.82 Å². The van der Waals surface area contributed by atoms with Gasteiger partial charge in [-0.2, -0.15) is 9.97 Å². The van der Waals surface area contributed by atoms with Crippen LogP contribution in [-0.4, -0.2) is 48.4 Å². The summed E-state index contributed by atoms with van der Waals surface area (Å²) in [7, 11) is 1.62. The number of nitrogens with one attached hydrogen (secondary N) is 2. The van der Waals surface area contributed by atoms with Gasteiger partial charge in [0, 0.05) is 44.5 Å². The maximum atomic E-state index is 5.48. The molecule has 2 aromatic rings. The van der Waals surface area contributed by atoms with Gasteiger partial charge in [0.2, 0.25) is 11.8 Å². The number of piperidine rings is 1. The molecule has 0 saturated carbocycles. The summed E-state index contributed by atoms with van der Waals surface area (Å²) in [6, 6.07) is 10.6. The number of aromatic nitrogens is 2. The van der Waals surface area contributed by atoms with E-state index in [1.54, 1.807) is 7.11 Å². The Hall–Kier alpha value is -2.61. The standard InChI is InChI=1S/C23H32N6OS/c1-17-6-5-13-29(16-17)20-14-21(30-2)26-22(25-20)27-23(31)24-15-18-7-9-19(10-8-18)28-11-3-4-12-28/h7-10,14,17H,3-6,11-13,15-16H2,1-2H3,(H2,24,25,26,27,31). The third kappa shape index (κ3) is 5.76. The molecule has 3 heterocycles. The summed E-state index contributed by atoms with van der Waals surface area (Å²) in [6.07, 6.45) is 5.01. The number of rotatable bonds is 6. The van der Waals surface area contributed by atoms with Gasteiger partial charge in [-0.3, -0.25) is 0 Å². The predicted octanol–water partition coefficient (Wildman–Crippen LogP) is 3.81. The van der Waals surface area contributed by atoms with Crippen molar-refractivity contribution in [3.63, 3.8) is 0 Å². The van der Waals surface area contributed by atoms with Crippen LogP contribution in [0.15, 0.2) is 30.3 Å². The van der Waals surface area contributed by atoms with Crippen LogP contribution in [0.5, 0.6) is 5.88 Å². The Kier molecular flexibility index (Phi) is 7.06. The fourth-order valence-corrected chi connectivity index (χ4v) is 4.42. The molecule has 31 heavy (non-hydrogen) atoms. The van der Waals surface area contributed by atoms with Crippen molar-refractivity contribution in [3.8, 4) is 5.88 Å². The molecule has 1 aromatic carbocycles. The first-order valence-electron chi connectivity index (χ1n) is 11.2. The van der Waals surface area contributed by atoms with E-state index in [9.17, 15) is 0 Å². The van der Waals surface area contributed by atoms with E-state index in [4.69, 9.17) is 17.0 Å². The van der Waals surface area contributed by atoms with E-state index in [1.807, 2.05) is 6.07 Å². The van der Waals surface area contributed by atoms with Gasteiger partial charge in [0.05, 0.1) is 7.11 Å². The summed E-state index contributed by atoms with van der Waals surface area (Å²) in [5, 5.41) is 6.86. The Balaban J connectivity index is 1.35. The van der Waals surface area contributed by atoms with Crippen molar-refractivity contribution in [2.45, 2.75) is 39.2 Å². The molecule has 2 aliphatic rings. The number of benzene rings is 1. The van der Waals surface area contributed by atoms with Gasteiger partial charge in [-0.15, -0.1) is 0 Å². The summed E-state index contributed by atoms with van der Waals surface area (Å²) in [6.45, 7) is 7.23. The van der Waals surface area contributed by atoms with Crippen molar-refractivity contribution in [3.05, 3.63) is 35.9 Å². The van der Waals surface area contributed by atoms with Gasteiger partial charge >= 0.3 is 0 Å². The van der Waals surface area contributed by atoms with Crippen molar-refractivity contribution >= 4 is 34.8 Å². The summed E-state index contributed by atoms with van der Waals surface area (Å²) < 4.78 is 5.39. The minimum Gasteiger partial charge on any atom is -0.481 e. The van der Waals surface area contributed by atoms with E-state index >= 15 is 0 Å². The van der Waals surface area contributed by atoms with Crippen LogP contribution in [0.2, 0.25) is 0 Å². The fraction of sp³-hybridized carbons (Fsp3) is 0.522. The summed E-state index contributed by atoms with van der Waals surface area (Å²) in [5.74, 6) is 2.52. The molecule has 0 bridgehead atoms. The highest BCUT2D eigenvalue weighted by molar-refractivity contribution is 7.80. The molecule has 1 unspecified atom stereocenters. The van der Waals surface area contributed by atoms with E-state index in [-0.39, 0.29) is 0 Å². The lowest BCUT2D eigenvalue weighted by molar-refractivity contribution is 0.396. The van der Waals surface area contributed by atoms with E-state index in [2.05, 4.69) is 61.6 Å². The van der Waals surface area contributed by atoms with E-state index in [0.717, 1.165) is 32.0 Å². The maximum Gasteiger partial charge on any atom is 0.234 e. The monoisotopic (exact) mass is 440 g/mol. The van der Waals surface area contributed by atoms with Gasteiger partial charge < -0.3 is 25.2 Å². The number of hydrogen-bond donors (Lipinski definition) is 2. The highest BCUT2D eigenvalue weighted by atomic mass is 32.1. The minimum atomic E-state index is 0.453. The van der Waals surface area contributed by atoms with Gasteiger partial charge in [-0.05, 0) is 61.5 Å². The SMILES string of the molecule is COc1cc(N2CCCC(C)C2)nc(NC(=S)NCc2ccc(N3CCCC3)cc2)n1. The number of nitrogens with zero attached hydrogens (tertiary/aromatic N) is 4. The van der Waals surface area contributed by atoms with Gasteiger partial charge in [-0.1, -0.05) is 19.1 Å². The molecule has 0 amide bonds. The molecule has 2 saturated heterocycles. The Morgan fingerprint density at radius 2 is 1.84 bits per heavy atom. The number of anilines is 3. The van der Waals surface area contributed by atoms with Crippen LogP contribution in [0.4, 0.5) is 17.5 Å². The normalized spacial score (nSPS) is 18.7. The first kappa shape index (κ1) is 21.6. The number of methoxy groups -OCH3 is 1. The average Bonchev–Trinajstić information content (AvgIpc) is 3.33. The average molecular weight is 441 g/mol. The molecule has 0 radical (unpaired) electrons. The Morgan fingerprint density at radius 1 is 1.10 bits per heavy atom. The van der Waals surface area contributed by atoms with Crippen molar-refractivity contribution in [1.29, 1.82) is 0 Å². The maximum absolute atomic E-state index is 5.48. The lowest BCUT2D eigenvalue weighted by Crippen LogP contribution is -2.35. The molecule has 2 fully saturated rings. The molecule has 0 spiro atoms. The molecule has 4 rings (SSSR count). The molecule has 1 aromatic heterocycles. The van der Waals surface area contributed by atoms with Gasteiger partial charge in [0.15, 0.2) is 5.11 Å². The van der Waals surface area contributed by atoms with Crippen LogP contribution in [0, 0.1) is 5.92 Å². The van der Waals surface area contributed by atoms with Crippen LogP contribution in [0.1, 0.15) is 38.2 Å². The van der Waals surface area contributed by atoms with Crippen LogP contribution in [-0.2, 0) is 6.54 Å². The zero-order valence-electron chi connectivity index (χ0n) is 18.4. The highest BCUT2D eigenvalue weighted by Crippen LogP contribution is 2.25. The summed E-state index contributed by atoms with van der Waals surface area (Å²) in [4.78, 5) is 13.8. The van der Waals surface area contributed by atoms with Crippen LogP contribution in [0.25, 0.3) is 0 Å². The lowest BCUT2D eigenvalue weighted by Gasteiger charge is -2.32. The lowest BCUT2D eigenvalue weighted by atomic mass is 10.0. The Bertz CT molecular complexity index is 884. The van der Waals surface area contributed by atoms with Crippen molar-refractivity contribution < 1.29 is 4.74 Å². The van der Waals surface area contributed by atoms with Crippen molar-refractivity contribution in [1.82, 2.24) is 15.3 Å². The molecule has 2 N–H and O–H groups in total. The molecule has 2 aliphatic heterocycles. The van der Waals surface area contributed by atoms with Crippen LogP contribution >= 0.6 is 12.2 Å².